The predicted molar refractivity (Wildman–Crippen MR) is 84.1 cm³/mol. The van der Waals surface area contributed by atoms with Gasteiger partial charge in [-0.15, -0.1) is 0 Å². The van der Waals surface area contributed by atoms with Gasteiger partial charge in [0.1, 0.15) is 0 Å². The van der Waals surface area contributed by atoms with Crippen LogP contribution in [0.3, 0.4) is 0 Å². The Morgan fingerprint density at radius 1 is 1.43 bits per heavy atom. The maximum absolute atomic E-state index is 13.1. The van der Waals surface area contributed by atoms with Crippen LogP contribution in [0.4, 0.5) is 0 Å². The normalized spacial score (nSPS) is 28.8. The van der Waals surface area contributed by atoms with Gasteiger partial charge in [0.2, 0.25) is 0 Å². The van der Waals surface area contributed by atoms with E-state index in [4.69, 9.17) is 4.74 Å². The highest BCUT2D eigenvalue weighted by molar-refractivity contribution is 5.94. The van der Waals surface area contributed by atoms with Crippen molar-refractivity contribution in [1.82, 2.24) is 15.1 Å². The molecule has 1 aliphatic heterocycles. The Morgan fingerprint density at radius 2 is 2.17 bits per heavy atom. The molecule has 0 aromatic carbocycles. The number of nitrogens with zero attached hydrogens (tertiary/aromatic N) is 2. The fourth-order valence-corrected chi connectivity index (χ4v) is 3.80. The monoisotopic (exact) mass is 319 g/mol. The first-order chi connectivity index (χ1) is 11.0. The number of rotatable bonds is 4. The fraction of sp³-hybridized carbons (Fsp3) is 0.765. The summed E-state index contributed by atoms with van der Waals surface area (Å²) in [4.78, 5) is 14.9. The molecular weight excluding hydrogens is 294 g/mol. The number of aromatic nitrogens is 2. The van der Waals surface area contributed by atoms with Crippen molar-refractivity contribution in [2.24, 2.45) is 0 Å². The number of nitrogens with one attached hydrogen (secondary N) is 1. The summed E-state index contributed by atoms with van der Waals surface area (Å²) in [7, 11) is 0. The Bertz CT molecular complexity index is 619. The van der Waals surface area contributed by atoms with Crippen molar-refractivity contribution in [1.29, 1.82) is 0 Å². The van der Waals surface area contributed by atoms with Gasteiger partial charge in [0.25, 0.3) is 5.91 Å². The number of aromatic amines is 1. The van der Waals surface area contributed by atoms with Gasteiger partial charge in [0, 0.05) is 18.0 Å². The Hall–Kier alpha value is -1.40. The minimum Gasteiger partial charge on any atom is -0.388 e. The first kappa shape index (κ1) is 15.1. The third kappa shape index (κ3) is 2.68. The molecule has 23 heavy (non-hydrogen) atoms. The zero-order chi connectivity index (χ0) is 16.2. The topological polar surface area (TPSA) is 78.5 Å². The molecule has 0 saturated heterocycles. The summed E-state index contributed by atoms with van der Waals surface area (Å²) in [5, 5.41) is 17.8. The minimum atomic E-state index is -0.682. The van der Waals surface area contributed by atoms with E-state index in [9.17, 15) is 9.90 Å². The molecule has 2 fully saturated rings. The van der Waals surface area contributed by atoms with Crippen LogP contribution in [-0.4, -0.2) is 50.4 Å². The van der Waals surface area contributed by atoms with Crippen molar-refractivity contribution in [3.8, 4) is 0 Å². The zero-order valence-electron chi connectivity index (χ0n) is 13.8. The molecule has 0 spiro atoms. The van der Waals surface area contributed by atoms with Gasteiger partial charge in [-0.2, -0.15) is 5.10 Å². The van der Waals surface area contributed by atoms with Crippen LogP contribution in [-0.2, 0) is 11.2 Å². The summed E-state index contributed by atoms with van der Waals surface area (Å²) in [6.07, 6.45) is 5.44. The number of fused-ring (bicyclic) bond motifs is 1. The van der Waals surface area contributed by atoms with E-state index in [-0.39, 0.29) is 24.2 Å². The SMILES string of the molecule is C[C@@H]1Cc2c(C(=O)N(CC3(O)CCC3)C3CC3)n[nH]c2[C@H](C)O1. The molecular formula is C17H25N3O3. The van der Waals surface area contributed by atoms with Crippen molar-refractivity contribution in [3.63, 3.8) is 0 Å². The second kappa shape index (κ2) is 5.31. The molecule has 2 atom stereocenters. The third-order valence-electron chi connectivity index (χ3n) is 5.43. The lowest BCUT2D eigenvalue weighted by Crippen LogP contribution is -2.50. The molecule has 1 aromatic heterocycles. The van der Waals surface area contributed by atoms with Crippen molar-refractivity contribution >= 4 is 5.91 Å². The molecule has 126 valence electrons. The highest BCUT2D eigenvalue weighted by atomic mass is 16.5. The molecule has 6 heteroatoms. The fourth-order valence-electron chi connectivity index (χ4n) is 3.80. The number of hydrogen-bond acceptors (Lipinski definition) is 4. The van der Waals surface area contributed by atoms with Crippen LogP contribution >= 0.6 is 0 Å². The van der Waals surface area contributed by atoms with Crippen LogP contribution in [0.1, 0.15) is 73.8 Å². The van der Waals surface area contributed by atoms with Gasteiger partial charge in [0.05, 0.1) is 30.0 Å². The van der Waals surface area contributed by atoms with E-state index in [1.807, 2.05) is 18.7 Å². The van der Waals surface area contributed by atoms with Gasteiger partial charge < -0.3 is 14.7 Å². The molecule has 1 aromatic rings. The largest absolute Gasteiger partial charge is 0.388 e. The molecule has 0 radical (unpaired) electrons. The molecule has 2 heterocycles. The number of carbonyl (C=O) groups is 1. The molecule has 4 rings (SSSR count). The number of hydrogen-bond donors (Lipinski definition) is 2. The smallest absolute Gasteiger partial charge is 0.274 e. The molecule has 2 saturated carbocycles. The number of carbonyl (C=O) groups excluding carboxylic acids is 1. The van der Waals surface area contributed by atoms with E-state index >= 15 is 0 Å². The van der Waals surface area contributed by atoms with E-state index in [2.05, 4.69) is 10.2 Å². The number of aliphatic hydroxyl groups is 1. The lowest BCUT2D eigenvalue weighted by Gasteiger charge is -2.40. The van der Waals surface area contributed by atoms with Crippen molar-refractivity contribution in [2.75, 3.05) is 6.54 Å². The van der Waals surface area contributed by atoms with Gasteiger partial charge in [-0.3, -0.25) is 9.89 Å². The van der Waals surface area contributed by atoms with Gasteiger partial charge in [-0.1, -0.05) is 0 Å². The van der Waals surface area contributed by atoms with E-state index in [1.165, 1.54) is 0 Å². The lowest BCUT2D eigenvalue weighted by molar-refractivity contribution is -0.0550. The standard InChI is InChI=1S/C17H25N3O3/c1-10-8-13-14(11(2)23-10)18-19-15(13)16(21)20(12-4-5-12)9-17(22)6-3-7-17/h10-12,22H,3-9H2,1-2H3,(H,18,19)/t10-,11+/m1/s1. The van der Waals surface area contributed by atoms with E-state index in [0.717, 1.165) is 43.4 Å². The number of H-pyrrole nitrogens is 1. The first-order valence-corrected chi connectivity index (χ1v) is 8.73. The maximum atomic E-state index is 13.1. The Labute approximate surface area is 136 Å². The highest BCUT2D eigenvalue weighted by Crippen LogP contribution is 2.38. The molecule has 6 nitrogen and oxygen atoms in total. The number of amides is 1. The molecule has 0 bridgehead atoms. The van der Waals surface area contributed by atoms with Gasteiger partial charge in [0.15, 0.2) is 5.69 Å². The van der Waals surface area contributed by atoms with Gasteiger partial charge in [-0.25, -0.2) is 0 Å². The third-order valence-corrected chi connectivity index (χ3v) is 5.43. The Kier molecular flexibility index (Phi) is 3.50. The van der Waals surface area contributed by atoms with Crippen molar-refractivity contribution in [3.05, 3.63) is 17.0 Å². The Morgan fingerprint density at radius 3 is 2.78 bits per heavy atom. The van der Waals surface area contributed by atoms with Gasteiger partial charge in [-0.05, 0) is 46.0 Å². The lowest BCUT2D eigenvalue weighted by atomic mass is 9.80. The summed E-state index contributed by atoms with van der Waals surface area (Å²) < 4.78 is 5.80. The van der Waals surface area contributed by atoms with Crippen LogP contribution in [0.25, 0.3) is 0 Å². The number of ether oxygens (including phenoxy) is 1. The average Bonchev–Trinajstić information content (AvgIpc) is 3.22. The van der Waals surface area contributed by atoms with Crippen LogP contribution in [0.2, 0.25) is 0 Å². The quantitative estimate of drug-likeness (QED) is 0.889. The maximum Gasteiger partial charge on any atom is 0.274 e. The van der Waals surface area contributed by atoms with Crippen molar-refractivity contribution < 1.29 is 14.6 Å². The second-order valence-corrected chi connectivity index (χ2v) is 7.50. The molecule has 2 N–H and O–H groups in total. The predicted octanol–water partition coefficient (Wildman–Crippen LogP) is 1.95. The summed E-state index contributed by atoms with van der Waals surface area (Å²) in [5.41, 5.74) is 1.76. The van der Waals surface area contributed by atoms with Crippen LogP contribution < -0.4 is 0 Å². The van der Waals surface area contributed by atoms with E-state index in [0.29, 0.717) is 18.7 Å². The average molecular weight is 319 g/mol. The molecule has 3 aliphatic rings. The van der Waals surface area contributed by atoms with Crippen LogP contribution in [0.15, 0.2) is 0 Å². The molecule has 2 aliphatic carbocycles. The summed E-state index contributed by atoms with van der Waals surface area (Å²) in [6.45, 7) is 4.45. The summed E-state index contributed by atoms with van der Waals surface area (Å²) in [6, 6.07) is 0.272. The minimum absolute atomic E-state index is 0.0355. The van der Waals surface area contributed by atoms with Crippen LogP contribution in [0, 0.1) is 0 Å². The summed E-state index contributed by atoms with van der Waals surface area (Å²) >= 11 is 0. The molecule has 0 unspecified atom stereocenters. The van der Waals surface area contributed by atoms with Crippen molar-refractivity contribution in [2.45, 2.75) is 76.2 Å². The first-order valence-electron chi connectivity index (χ1n) is 8.73. The van der Waals surface area contributed by atoms with E-state index < -0.39 is 5.60 Å². The zero-order valence-corrected chi connectivity index (χ0v) is 13.8. The highest BCUT2D eigenvalue weighted by Gasteiger charge is 2.43. The molecule has 1 amide bonds. The Balaban J connectivity index is 1.60. The van der Waals surface area contributed by atoms with E-state index in [1.54, 1.807) is 0 Å². The van der Waals surface area contributed by atoms with Gasteiger partial charge >= 0.3 is 0 Å². The van der Waals surface area contributed by atoms with Crippen LogP contribution in [0.5, 0.6) is 0 Å². The summed E-state index contributed by atoms with van der Waals surface area (Å²) in [5.74, 6) is -0.0355. The second-order valence-electron chi connectivity index (χ2n) is 7.50.